The molecule has 3 aliphatic carbocycles. The molecule has 0 amide bonds. The minimum Gasteiger partial charge on any atom is -0.479 e. The van der Waals surface area contributed by atoms with E-state index in [1.807, 2.05) is 0 Å². The number of methoxy groups -OCH3 is 3. The summed E-state index contributed by atoms with van der Waals surface area (Å²) in [6.07, 6.45) is 4.33. The van der Waals surface area contributed by atoms with E-state index in [1.165, 1.54) is 40.1 Å². The highest BCUT2D eigenvalue weighted by Gasteiger charge is 2.61. The standard InChI is InChI=1S/C23H28ClN7O5S/c1-11-14-6-15(11)17(14)21-30-29-16(31(21)18-22(35-4)27-10-28-23(18)36-5)9-37(32,33)12(2)19(34-3)20-25-7-13(24)8-26-20/h7-8,10-12,14-15,17,19H,6,9H2,1-5H3/t11?,12-,14?,15?,17?,19-/m0/s1. The van der Waals surface area contributed by atoms with Crippen LogP contribution in [0.3, 0.4) is 0 Å². The summed E-state index contributed by atoms with van der Waals surface area (Å²) in [5.41, 5.74) is 0.369. The Morgan fingerprint density at radius 1 is 1.05 bits per heavy atom. The largest absolute Gasteiger partial charge is 0.479 e. The lowest BCUT2D eigenvalue weighted by molar-refractivity contribution is -0.108. The van der Waals surface area contributed by atoms with Crippen LogP contribution in [0.4, 0.5) is 0 Å². The van der Waals surface area contributed by atoms with Crippen molar-refractivity contribution >= 4 is 21.4 Å². The van der Waals surface area contributed by atoms with E-state index < -0.39 is 26.9 Å². The molecule has 0 spiro atoms. The summed E-state index contributed by atoms with van der Waals surface area (Å²) in [6.45, 7) is 3.78. The Bertz CT molecular complexity index is 1370. The first kappa shape index (κ1) is 25.7. The lowest BCUT2D eigenvalue weighted by Crippen LogP contribution is -2.57. The Balaban J connectivity index is 1.56. The fourth-order valence-electron chi connectivity index (χ4n) is 5.37. The maximum absolute atomic E-state index is 13.7. The van der Waals surface area contributed by atoms with E-state index in [4.69, 9.17) is 25.8 Å². The third-order valence-corrected chi connectivity index (χ3v) is 9.94. The van der Waals surface area contributed by atoms with Crippen molar-refractivity contribution in [1.29, 1.82) is 0 Å². The highest BCUT2D eigenvalue weighted by Crippen LogP contribution is 2.67. The normalized spacial score (nSPS) is 24.1. The van der Waals surface area contributed by atoms with Crippen LogP contribution >= 0.6 is 11.6 Å². The first-order chi connectivity index (χ1) is 17.7. The van der Waals surface area contributed by atoms with E-state index >= 15 is 0 Å². The Morgan fingerprint density at radius 3 is 2.19 bits per heavy atom. The molecule has 3 fully saturated rings. The molecule has 3 heterocycles. The highest BCUT2D eigenvalue weighted by atomic mass is 35.5. The fraction of sp³-hybridized carbons (Fsp3) is 0.565. The van der Waals surface area contributed by atoms with Gasteiger partial charge in [-0.1, -0.05) is 18.5 Å². The van der Waals surface area contributed by atoms with Gasteiger partial charge in [0.1, 0.15) is 24.0 Å². The van der Waals surface area contributed by atoms with E-state index in [0.29, 0.717) is 34.3 Å². The molecular formula is C23H28ClN7O5S. The van der Waals surface area contributed by atoms with Crippen LogP contribution < -0.4 is 9.47 Å². The zero-order chi connectivity index (χ0) is 26.5. The first-order valence-corrected chi connectivity index (χ1v) is 13.9. The quantitative estimate of drug-likeness (QED) is 0.368. The summed E-state index contributed by atoms with van der Waals surface area (Å²) < 4.78 is 45.6. The van der Waals surface area contributed by atoms with Gasteiger partial charge < -0.3 is 14.2 Å². The van der Waals surface area contributed by atoms with Crippen molar-refractivity contribution in [3.8, 4) is 17.4 Å². The maximum atomic E-state index is 13.7. The fourth-order valence-corrected chi connectivity index (χ4v) is 6.89. The van der Waals surface area contributed by atoms with Crippen LogP contribution in [0.25, 0.3) is 5.69 Å². The van der Waals surface area contributed by atoms with Gasteiger partial charge in [0.25, 0.3) is 0 Å². The molecule has 3 aliphatic rings. The van der Waals surface area contributed by atoms with Crippen molar-refractivity contribution in [2.45, 2.75) is 43.3 Å². The van der Waals surface area contributed by atoms with E-state index in [2.05, 4.69) is 37.1 Å². The summed E-state index contributed by atoms with van der Waals surface area (Å²) in [6, 6.07) is 0. The Morgan fingerprint density at radius 2 is 1.68 bits per heavy atom. The van der Waals surface area contributed by atoms with Crippen molar-refractivity contribution in [3.63, 3.8) is 0 Å². The molecule has 2 bridgehead atoms. The SMILES string of the molecule is COc1ncnc(OC)c1-n1c(CS(=O)(=O)[C@@H](C)[C@H](OC)c2ncc(Cl)cn2)nnc1C1C2CC1C2C. The summed E-state index contributed by atoms with van der Waals surface area (Å²) in [4.78, 5) is 16.8. The van der Waals surface area contributed by atoms with Crippen LogP contribution in [0.5, 0.6) is 11.8 Å². The maximum Gasteiger partial charge on any atom is 0.245 e. The van der Waals surface area contributed by atoms with Gasteiger partial charge in [-0.2, -0.15) is 9.97 Å². The number of rotatable bonds is 10. The third-order valence-electron chi connectivity index (χ3n) is 7.71. The van der Waals surface area contributed by atoms with Crippen LogP contribution in [0.15, 0.2) is 18.7 Å². The molecule has 12 nitrogen and oxygen atoms in total. The molecule has 0 saturated heterocycles. The molecule has 0 aliphatic heterocycles. The number of nitrogens with zero attached hydrogens (tertiary/aromatic N) is 7. The molecule has 0 radical (unpaired) electrons. The molecule has 3 saturated carbocycles. The van der Waals surface area contributed by atoms with Crippen LogP contribution in [0, 0.1) is 17.8 Å². The molecule has 37 heavy (non-hydrogen) atoms. The second kappa shape index (κ2) is 9.76. The van der Waals surface area contributed by atoms with Gasteiger partial charge in [0.15, 0.2) is 27.2 Å². The van der Waals surface area contributed by atoms with Crippen molar-refractivity contribution in [1.82, 2.24) is 34.7 Å². The topological polar surface area (TPSA) is 144 Å². The number of sulfone groups is 1. The summed E-state index contributed by atoms with van der Waals surface area (Å²) in [5.74, 6) is 2.82. The van der Waals surface area contributed by atoms with Crippen molar-refractivity contribution in [3.05, 3.63) is 41.2 Å². The number of hydrogen-bond acceptors (Lipinski definition) is 11. The van der Waals surface area contributed by atoms with Gasteiger partial charge in [0.05, 0.1) is 24.5 Å². The number of halogens is 1. The van der Waals surface area contributed by atoms with Gasteiger partial charge in [0.2, 0.25) is 11.8 Å². The molecule has 14 heteroatoms. The van der Waals surface area contributed by atoms with Crippen LogP contribution in [-0.4, -0.2) is 69.7 Å². The average Bonchev–Trinajstić information content (AvgIpc) is 3.24. The van der Waals surface area contributed by atoms with Gasteiger partial charge in [-0.05, 0) is 31.1 Å². The molecule has 4 atom stereocenters. The zero-order valence-electron chi connectivity index (χ0n) is 21.1. The molecule has 3 aromatic rings. The number of hydrogen-bond donors (Lipinski definition) is 0. The van der Waals surface area contributed by atoms with Crippen molar-refractivity contribution < 1.29 is 22.6 Å². The molecule has 3 aromatic heterocycles. The van der Waals surface area contributed by atoms with Gasteiger partial charge in [-0.15, -0.1) is 10.2 Å². The molecule has 198 valence electrons. The van der Waals surface area contributed by atoms with Crippen molar-refractivity contribution in [2.75, 3.05) is 21.3 Å². The Kier molecular flexibility index (Phi) is 6.79. The molecule has 0 aromatic carbocycles. The van der Waals surface area contributed by atoms with Gasteiger partial charge in [-0.3, -0.25) is 4.57 Å². The van der Waals surface area contributed by atoms with Crippen LogP contribution in [0.1, 0.15) is 49.8 Å². The zero-order valence-corrected chi connectivity index (χ0v) is 22.6. The summed E-state index contributed by atoms with van der Waals surface area (Å²) in [7, 11) is 0.519. The smallest absolute Gasteiger partial charge is 0.245 e. The molecular weight excluding hydrogens is 522 g/mol. The Labute approximate surface area is 219 Å². The van der Waals surface area contributed by atoms with Gasteiger partial charge in [0, 0.05) is 25.4 Å². The summed E-state index contributed by atoms with van der Waals surface area (Å²) in [5, 5.41) is 8.15. The Hall–Kier alpha value is -2.90. The van der Waals surface area contributed by atoms with E-state index in [9.17, 15) is 8.42 Å². The van der Waals surface area contributed by atoms with Crippen molar-refractivity contribution in [2.24, 2.45) is 17.8 Å². The van der Waals surface area contributed by atoms with E-state index in [-0.39, 0.29) is 29.3 Å². The molecule has 6 rings (SSSR count). The lowest BCUT2D eigenvalue weighted by atomic mass is 9.41. The summed E-state index contributed by atoms with van der Waals surface area (Å²) >= 11 is 5.90. The second-order valence-corrected chi connectivity index (χ2v) is 12.2. The highest BCUT2D eigenvalue weighted by molar-refractivity contribution is 7.91. The van der Waals surface area contributed by atoms with Gasteiger partial charge >= 0.3 is 0 Å². The predicted octanol–water partition coefficient (Wildman–Crippen LogP) is 2.58. The molecule has 0 N–H and O–H groups in total. The molecule has 2 unspecified atom stereocenters. The monoisotopic (exact) mass is 549 g/mol. The third kappa shape index (κ3) is 4.22. The lowest BCUT2D eigenvalue weighted by Gasteiger charge is -2.63. The van der Waals surface area contributed by atoms with Crippen LogP contribution in [0.2, 0.25) is 5.02 Å². The van der Waals surface area contributed by atoms with E-state index in [0.717, 1.165) is 6.42 Å². The number of ether oxygens (including phenoxy) is 3. The number of aromatic nitrogens is 7. The first-order valence-electron chi connectivity index (χ1n) is 11.8. The minimum atomic E-state index is -3.85. The predicted molar refractivity (Wildman–Crippen MR) is 132 cm³/mol. The minimum absolute atomic E-state index is 0.167. The van der Waals surface area contributed by atoms with E-state index in [1.54, 1.807) is 11.5 Å². The van der Waals surface area contributed by atoms with Gasteiger partial charge in [-0.25, -0.2) is 18.4 Å². The van der Waals surface area contributed by atoms with Crippen LogP contribution in [-0.2, 0) is 20.3 Å². The average molecular weight is 550 g/mol. The second-order valence-electron chi connectivity index (χ2n) is 9.43.